The molecule has 1 fully saturated rings. The number of nitrogens with zero attached hydrogens (tertiary/aromatic N) is 2. The number of cyclic esters (lactones) is 2. The van der Waals surface area contributed by atoms with Crippen molar-refractivity contribution in [2.45, 2.75) is 78.7 Å². The minimum Gasteiger partial charge on any atom is -0.457 e. The molecule has 10 nitrogen and oxygen atoms in total. The molecule has 0 saturated carbocycles. The predicted octanol–water partition coefficient (Wildman–Crippen LogP) is 3.46. The molecular formula is C30H38N4O6. The van der Waals surface area contributed by atoms with Crippen LogP contribution in [0.2, 0.25) is 0 Å². The first kappa shape index (κ1) is 29.2. The number of ether oxygens (including phenoxy) is 2. The average molecular weight is 551 g/mol. The fourth-order valence-electron chi connectivity index (χ4n) is 4.67. The predicted molar refractivity (Wildman–Crippen MR) is 149 cm³/mol. The Labute approximate surface area is 234 Å². The number of fused-ring (bicyclic) bond motifs is 4. The van der Waals surface area contributed by atoms with Crippen molar-refractivity contribution < 1.29 is 28.7 Å². The van der Waals surface area contributed by atoms with Crippen molar-refractivity contribution in [1.82, 2.24) is 20.7 Å². The van der Waals surface area contributed by atoms with Crippen molar-refractivity contribution in [2.24, 2.45) is 11.3 Å². The van der Waals surface area contributed by atoms with Crippen molar-refractivity contribution in [2.75, 3.05) is 6.54 Å². The van der Waals surface area contributed by atoms with Gasteiger partial charge >= 0.3 is 11.9 Å². The molecule has 3 heterocycles. The highest BCUT2D eigenvalue weighted by molar-refractivity contribution is 5.91. The van der Waals surface area contributed by atoms with Crippen molar-refractivity contribution in [3.63, 3.8) is 0 Å². The van der Waals surface area contributed by atoms with Crippen LogP contribution in [0, 0.1) is 11.3 Å². The van der Waals surface area contributed by atoms with Gasteiger partial charge in [-0.25, -0.2) is 5.43 Å². The number of pyridine rings is 1. The number of hydrogen-bond acceptors (Lipinski definition) is 8. The van der Waals surface area contributed by atoms with Gasteiger partial charge in [-0.3, -0.25) is 29.2 Å². The molecule has 1 aromatic heterocycles. The molecule has 0 radical (unpaired) electrons. The van der Waals surface area contributed by atoms with Crippen molar-refractivity contribution >= 4 is 40.6 Å². The van der Waals surface area contributed by atoms with E-state index in [2.05, 4.69) is 15.7 Å². The summed E-state index contributed by atoms with van der Waals surface area (Å²) >= 11 is 0. The molecule has 2 N–H and O–H groups in total. The first-order chi connectivity index (χ1) is 18.9. The molecule has 4 atom stereocenters. The maximum atomic E-state index is 13.2. The smallest absolute Gasteiger partial charge is 0.325 e. The molecule has 2 amide bonds. The highest BCUT2D eigenvalue weighted by atomic mass is 16.6. The fraction of sp³-hybridized carbons (Fsp3) is 0.500. The minimum atomic E-state index is -1.10. The van der Waals surface area contributed by atoms with Crippen LogP contribution in [0.4, 0.5) is 0 Å². The number of aromatic nitrogens is 1. The Morgan fingerprint density at radius 3 is 2.52 bits per heavy atom. The van der Waals surface area contributed by atoms with E-state index in [1.54, 1.807) is 59.9 Å². The van der Waals surface area contributed by atoms with Gasteiger partial charge in [0.05, 0.1) is 11.1 Å². The summed E-state index contributed by atoms with van der Waals surface area (Å²) in [4.78, 5) is 57.0. The van der Waals surface area contributed by atoms with Gasteiger partial charge in [-0.15, -0.1) is 0 Å². The second-order valence-electron chi connectivity index (χ2n) is 11.5. The Kier molecular flexibility index (Phi) is 8.58. The molecule has 0 aliphatic carbocycles. The quantitative estimate of drug-likeness (QED) is 0.517. The van der Waals surface area contributed by atoms with Crippen molar-refractivity contribution in [3.8, 4) is 0 Å². The molecule has 5 bridgehead atoms. The van der Waals surface area contributed by atoms with E-state index in [0.717, 1.165) is 16.3 Å². The van der Waals surface area contributed by atoms with E-state index in [0.29, 0.717) is 25.1 Å². The topological polar surface area (TPSA) is 127 Å². The van der Waals surface area contributed by atoms with Crippen LogP contribution in [-0.2, 0) is 28.7 Å². The summed E-state index contributed by atoms with van der Waals surface area (Å²) in [7, 11) is 0. The Hall–Kier alpha value is -3.79. The maximum Gasteiger partial charge on any atom is 0.325 e. The molecule has 2 aliphatic heterocycles. The molecular weight excluding hydrogens is 512 g/mol. The van der Waals surface area contributed by atoms with Crippen LogP contribution in [-0.4, -0.2) is 58.5 Å². The van der Waals surface area contributed by atoms with Crippen molar-refractivity contribution in [1.29, 1.82) is 0 Å². The van der Waals surface area contributed by atoms with Gasteiger partial charge in [0, 0.05) is 18.1 Å². The monoisotopic (exact) mass is 550 g/mol. The standard InChI is InChI=1S/C30H38N4O6/c1-17(2)25-26(35)32-18(3)27(36)34-13-7-8-24(33-34)28(37)39-19(4)20-9-10-21-16-31-23(15-22(21)14-20)11-12-30(5,6)29(38)40-25/h9-12,14-19,24-25,33H,7-8,13H2,1-6H3,(H,32,35)/b12-11+/t18-,19+,24-,25-/m0/s1. The highest BCUT2D eigenvalue weighted by Gasteiger charge is 2.36. The summed E-state index contributed by atoms with van der Waals surface area (Å²) in [6.07, 6.45) is 4.66. The molecule has 4 rings (SSSR count). The molecule has 10 heteroatoms. The van der Waals surface area contributed by atoms with Gasteiger partial charge in [0.15, 0.2) is 6.10 Å². The highest BCUT2D eigenvalue weighted by Crippen LogP contribution is 2.27. The largest absolute Gasteiger partial charge is 0.457 e. The Morgan fingerprint density at radius 1 is 1.05 bits per heavy atom. The molecule has 2 aromatic rings. The number of esters is 2. The van der Waals surface area contributed by atoms with Gasteiger partial charge < -0.3 is 14.8 Å². The van der Waals surface area contributed by atoms with E-state index in [1.165, 1.54) is 5.01 Å². The zero-order chi connectivity index (χ0) is 29.2. The average Bonchev–Trinajstić information content (AvgIpc) is 2.92. The fourth-order valence-corrected chi connectivity index (χ4v) is 4.67. The number of nitrogens with one attached hydrogen (secondary N) is 2. The van der Waals surface area contributed by atoms with Crippen LogP contribution in [0.5, 0.6) is 0 Å². The van der Waals surface area contributed by atoms with Gasteiger partial charge in [-0.05, 0) is 75.6 Å². The van der Waals surface area contributed by atoms with E-state index in [9.17, 15) is 19.2 Å². The Morgan fingerprint density at radius 2 is 1.80 bits per heavy atom. The lowest BCUT2D eigenvalue weighted by Gasteiger charge is -2.35. The Bertz CT molecular complexity index is 1340. The van der Waals surface area contributed by atoms with Gasteiger partial charge in [0.2, 0.25) is 0 Å². The van der Waals surface area contributed by atoms with Crippen LogP contribution in [0.1, 0.15) is 71.7 Å². The molecule has 40 heavy (non-hydrogen) atoms. The summed E-state index contributed by atoms with van der Waals surface area (Å²) in [5, 5.41) is 5.85. The Balaban J connectivity index is 1.70. The number of amides is 2. The summed E-state index contributed by atoms with van der Waals surface area (Å²) in [6, 6.07) is 6.04. The van der Waals surface area contributed by atoms with Gasteiger partial charge in [-0.1, -0.05) is 32.1 Å². The van der Waals surface area contributed by atoms with Crippen LogP contribution in [0.15, 0.2) is 36.5 Å². The second kappa shape index (κ2) is 11.8. The SMILES string of the molecule is CC(C)[C@@H]1OC(=O)C(C)(C)/C=C/c2cc3cc(ccc3cn2)[C@@H](C)OC(=O)[C@@H]2CCCN(N2)C(=O)[C@H](C)NC1=O. The molecule has 2 aliphatic rings. The van der Waals surface area contributed by atoms with Gasteiger partial charge in [-0.2, -0.15) is 0 Å². The number of benzene rings is 1. The van der Waals surface area contributed by atoms with Crippen molar-refractivity contribution in [3.05, 3.63) is 47.8 Å². The summed E-state index contributed by atoms with van der Waals surface area (Å²) in [5.41, 5.74) is 3.37. The third kappa shape index (κ3) is 6.50. The number of carbonyl (C=O) groups is 4. The zero-order valence-corrected chi connectivity index (χ0v) is 23.9. The number of carbonyl (C=O) groups excluding carboxylic acids is 4. The summed E-state index contributed by atoms with van der Waals surface area (Å²) in [5.74, 6) is -2.34. The third-order valence-corrected chi connectivity index (χ3v) is 7.29. The molecule has 0 spiro atoms. The zero-order valence-electron chi connectivity index (χ0n) is 23.9. The van der Waals surface area contributed by atoms with E-state index >= 15 is 0 Å². The molecule has 1 saturated heterocycles. The van der Waals surface area contributed by atoms with E-state index in [4.69, 9.17) is 9.47 Å². The van der Waals surface area contributed by atoms with Gasteiger partial charge in [0.25, 0.3) is 11.8 Å². The van der Waals surface area contributed by atoms with Crippen LogP contribution < -0.4 is 10.7 Å². The molecule has 214 valence electrons. The number of rotatable bonds is 1. The molecule has 1 aromatic carbocycles. The van der Waals surface area contributed by atoms with Crippen LogP contribution in [0.3, 0.4) is 0 Å². The number of hydrogen-bond donors (Lipinski definition) is 2. The lowest BCUT2D eigenvalue weighted by molar-refractivity contribution is -0.165. The second-order valence-corrected chi connectivity index (χ2v) is 11.5. The third-order valence-electron chi connectivity index (χ3n) is 7.29. The summed E-state index contributed by atoms with van der Waals surface area (Å²) < 4.78 is 11.5. The van der Waals surface area contributed by atoms with E-state index in [-0.39, 0.29) is 5.92 Å². The first-order valence-electron chi connectivity index (χ1n) is 13.7. The molecule has 0 unspecified atom stereocenters. The van der Waals surface area contributed by atoms with E-state index < -0.39 is 53.5 Å². The van der Waals surface area contributed by atoms with Crippen LogP contribution in [0.25, 0.3) is 16.8 Å². The summed E-state index contributed by atoms with van der Waals surface area (Å²) in [6.45, 7) is 10.7. The minimum absolute atomic E-state index is 0.335. The maximum absolute atomic E-state index is 13.2. The first-order valence-corrected chi connectivity index (χ1v) is 13.7. The lowest BCUT2D eigenvalue weighted by atomic mass is 9.92. The lowest BCUT2D eigenvalue weighted by Crippen LogP contribution is -2.60. The van der Waals surface area contributed by atoms with E-state index in [1.807, 2.05) is 24.3 Å². The van der Waals surface area contributed by atoms with Crippen LogP contribution >= 0.6 is 0 Å². The number of hydrazine groups is 1. The normalized spacial score (nSPS) is 27.2. The van der Waals surface area contributed by atoms with Gasteiger partial charge in [0.1, 0.15) is 18.2 Å².